The number of rotatable bonds is 4. The summed E-state index contributed by atoms with van der Waals surface area (Å²) in [5.74, 6) is -0.451. The van der Waals surface area contributed by atoms with Gasteiger partial charge in [0, 0.05) is 6.04 Å². The Morgan fingerprint density at radius 2 is 2.05 bits per heavy atom. The van der Waals surface area contributed by atoms with E-state index in [9.17, 15) is 12.8 Å². The number of halogens is 1. The Hall–Kier alpha value is -1.73. The number of nitrogens with one attached hydrogen (secondary N) is 1. The Labute approximate surface area is 111 Å². The van der Waals surface area contributed by atoms with Crippen molar-refractivity contribution in [2.24, 2.45) is 0 Å². The van der Waals surface area contributed by atoms with Gasteiger partial charge in [-0.2, -0.15) is 5.10 Å². The summed E-state index contributed by atoms with van der Waals surface area (Å²) < 4.78 is 41.1. The number of hydrogen-bond donors (Lipinski definition) is 1. The molecule has 5 nitrogen and oxygen atoms in total. The normalized spacial score (nSPS) is 12.0. The molecule has 0 spiro atoms. The monoisotopic (exact) mass is 283 g/mol. The van der Waals surface area contributed by atoms with E-state index in [-0.39, 0.29) is 11.1 Å². The fourth-order valence-electron chi connectivity index (χ4n) is 1.67. The third kappa shape index (κ3) is 2.99. The Morgan fingerprint density at radius 1 is 1.32 bits per heavy atom. The van der Waals surface area contributed by atoms with Crippen molar-refractivity contribution in [1.29, 1.82) is 0 Å². The van der Waals surface area contributed by atoms with Crippen molar-refractivity contribution in [1.82, 2.24) is 14.5 Å². The maximum atomic E-state index is 13.2. The van der Waals surface area contributed by atoms with Crippen LogP contribution in [0.3, 0.4) is 0 Å². The highest BCUT2D eigenvalue weighted by Gasteiger charge is 2.21. The number of nitrogens with zero attached hydrogens (tertiary/aromatic N) is 2. The SMILES string of the molecule is CC(C)NS(=O)(=O)c1ccnn1-c1cccc(F)c1. The predicted molar refractivity (Wildman–Crippen MR) is 69.0 cm³/mol. The van der Waals surface area contributed by atoms with Gasteiger partial charge in [0.15, 0.2) is 5.03 Å². The van der Waals surface area contributed by atoms with Gasteiger partial charge in [-0.15, -0.1) is 0 Å². The van der Waals surface area contributed by atoms with Gasteiger partial charge in [-0.1, -0.05) is 6.07 Å². The molecule has 2 rings (SSSR count). The highest BCUT2D eigenvalue weighted by molar-refractivity contribution is 7.89. The third-order valence-corrected chi connectivity index (χ3v) is 3.97. The van der Waals surface area contributed by atoms with Crippen LogP contribution in [-0.2, 0) is 10.0 Å². The van der Waals surface area contributed by atoms with Gasteiger partial charge in [0.05, 0.1) is 11.9 Å². The Balaban J connectivity index is 2.49. The van der Waals surface area contributed by atoms with Crippen LogP contribution in [0.5, 0.6) is 0 Å². The molecule has 1 aromatic carbocycles. The Morgan fingerprint density at radius 3 is 2.68 bits per heavy atom. The first kappa shape index (κ1) is 13.7. The minimum atomic E-state index is -3.68. The van der Waals surface area contributed by atoms with Crippen LogP contribution in [0.15, 0.2) is 41.6 Å². The van der Waals surface area contributed by atoms with Crippen LogP contribution >= 0.6 is 0 Å². The fourth-order valence-corrected chi connectivity index (χ4v) is 3.03. The summed E-state index contributed by atoms with van der Waals surface area (Å²) in [6.45, 7) is 3.45. The molecule has 0 saturated heterocycles. The smallest absolute Gasteiger partial charge is 0.221 e. The van der Waals surface area contributed by atoms with Gasteiger partial charge < -0.3 is 0 Å². The molecule has 0 radical (unpaired) electrons. The molecule has 0 bridgehead atoms. The molecule has 19 heavy (non-hydrogen) atoms. The van der Waals surface area contributed by atoms with Crippen LogP contribution < -0.4 is 4.72 Å². The van der Waals surface area contributed by atoms with Gasteiger partial charge in [0.1, 0.15) is 5.82 Å². The van der Waals surface area contributed by atoms with Gasteiger partial charge in [-0.3, -0.25) is 0 Å². The second kappa shape index (κ2) is 5.10. The molecule has 2 aromatic rings. The van der Waals surface area contributed by atoms with Crippen LogP contribution in [0.4, 0.5) is 4.39 Å². The first-order chi connectivity index (χ1) is 8.90. The average molecular weight is 283 g/mol. The molecule has 0 saturated carbocycles. The zero-order chi connectivity index (χ0) is 14.0. The number of hydrogen-bond acceptors (Lipinski definition) is 3. The van der Waals surface area contributed by atoms with Gasteiger partial charge in [-0.05, 0) is 38.1 Å². The molecule has 0 amide bonds. The van der Waals surface area contributed by atoms with Crippen LogP contribution in [0.2, 0.25) is 0 Å². The second-order valence-corrected chi connectivity index (χ2v) is 6.00. The van der Waals surface area contributed by atoms with Crippen LogP contribution in [0.1, 0.15) is 13.8 Å². The molecule has 0 aliphatic heterocycles. The Kier molecular flexibility index (Phi) is 3.68. The third-order valence-electron chi connectivity index (χ3n) is 2.33. The predicted octanol–water partition coefficient (Wildman–Crippen LogP) is 1.70. The summed E-state index contributed by atoms with van der Waals surface area (Å²) in [5, 5.41) is 3.91. The second-order valence-electron chi connectivity index (χ2n) is 4.34. The standard InChI is InChI=1S/C12H14FN3O2S/c1-9(2)15-19(17,18)12-6-7-14-16(12)11-5-3-4-10(13)8-11/h3-9,15H,1-2H3. The van der Waals surface area contributed by atoms with E-state index in [1.54, 1.807) is 19.9 Å². The first-order valence-corrected chi connectivity index (χ1v) is 7.21. The van der Waals surface area contributed by atoms with Gasteiger partial charge in [0.25, 0.3) is 10.0 Å². The van der Waals surface area contributed by atoms with Crippen molar-refractivity contribution in [3.05, 3.63) is 42.3 Å². The number of aromatic nitrogens is 2. The van der Waals surface area contributed by atoms with Crippen LogP contribution in [-0.4, -0.2) is 24.2 Å². The highest BCUT2D eigenvalue weighted by Crippen LogP contribution is 2.16. The largest absolute Gasteiger partial charge is 0.258 e. The van der Waals surface area contributed by atoms with Crippen molar-refractivity contribution >= 4 is 10.0 Å². The molecule has 0 fully saturated rings. The molecule has 102 valence electrons. The van der Waals surface area contributed by atoms with E-state index in [2.05, 4.69) is 9.82 Å². The average Bonchev–Trinajstić information content (AvgIpc) is 2.76. The molecule has 0 aliphatic carbocycles. The van der Waals surface area contributed by atoms with E-state index in [1.807, 2.05) is 0 Å². The number of benzene rings is 1. The van der Waals surface area contributed by atoms with E-state index in [1.165, 1.54) is 35.1 Å². The van der Waals surface area contributed by atoms with Gasteiger partial charge in [0.2, 0.25) is 0 Å². The van der Waals surface area contributed by atoms with E-state index in [0.717, 1.165) is 0 Å². The van der Waals surface area contributed by atoms with Crippen LogP contribution in [0, 0.1) is 5.82 Å². The summed E-state index contributed by atoms with van der Waals surface area (Å²) in [4.78, 5) is 0. The molecular formula is C12H14FN3O2S. The first-order valence-electron chi connectivity index (χ1n) is 5.72. The van der Waals surface area contributed by atoms with Crippen molar-refractivity contribution in [2.75, 3.05) is 0 Å². The van der Waals surface area contributed by atoms with Gasteiger partial charge >= 0.3 is 0 Å². The van der Waals surface area contributed by atoms with Crippen LogP contribution in [0.25, 0.3) is 5.69 Å². The minimum absolute atomic E-state index is 0.0215. The molecule has 0 unspecified atom stereocenters. The van der Waals surface area contributed by atoms with E-state index >= 15 is 0 Å². The minimum Gasteiger partial charge on any atom is -0.221 e. The lowest BCUT2D eigenvalue weighted by Crippen LogP contribution is -2.31. The summed E-state index contributed by atoms with van der Waals surface area (Å²) >= 11 is 0. The molecule has 1 N–H and O–H groups in total. The molecule has 7 heteroatoms. The maximum Gasteiger partial charge on any atom is 0.258 e. The lowest BCUT2D eigenvalue weighted by atomic mass is 10.3. The summed E-state index contributed by atoms with van der Waals surface area (Å²) in [7, 11) is -3.68. The molecule has 0 atom stereocenters. The maximum absolute atomic E-state index is 13.2. The fraction of sp³-hybridized carbons (Fsp3) is 0.250. The molecular weight excluding hydrogens is 269 g/mol. The van der Waals surface area contributed by atoms with Gasteiger partial charge in [-0.25, -0.2) is 22.2 Å². The van der Waals surface area contributed by atoms with Crippen molar-refractivity contribution in [2.45, 2.75) is 24.9 Å². The topological polar surface area (TPSA) is 64.0 Å². The zero-order valence-electron chi connectivity index (χ0n) is 10.5. The number of sulfonamides is 1. The summed E-state index contributed by atoms with van der Waals surface area (Å²) in [5.41, 5.74) is 0.356. The zero-order valence-corrected chi connectivity index (χ0v) is 11.4. The Bertz CT molecular complexity index is 680. The van der Waals surface area contributed by atoms with E-state index < -0.39 is 15.8 Å². The summed E-state index contributed by atoms with van der Waals surface area (Å²) in [6.07, 6.45) is 1.36. The summed E-state index contributed by atoms with van der Waals surface area (Å²) in [6, 6.07) is 6.73. The van der Waals surface area contributed by atoms with E-state index in [4.69, 9.17) is 0 Å². The molecule has 0 aliphatic rings. The van der Waals surface area contributed by atoms with Crippen molar-refractivity contribution < 1.29 is 12.8 Å². The quantitative estimate of drug-likeness (QED) is 0.929. The highest BCUT2D eigenvalue weighted by atomic mass is 32.2. The molecule has 1 heterocycles. The molecule has 1 aromatic heterocycles. The van der Waals surface area contributed by atoms with Crippen molar-refractivity contribution in [3.8, 4) is 5.69 Å². The van der Waals surface area contributed by atoms with E-state index in [0.29, 0.717) is 5.69 Å². The lowest BCUT2D eigenvalue weighted by molar-refractivity contribution is 0.559. The van der Waals surface area contributed by atoms with Crippen molar-refractivity contribution in [3.63, 3.8) is 0 Å². The lowest BCUT2D eigenvalue weighted by Gasteiger charge is -2.11.